The number of fused-ring (bicyclic) bond motifs is 4. The van der Waals surface area contributed by atoms with Gasteiger partial charge in [-0.05, 0) is 46.5 Å². The molecule has 0 unspecified atom stereocenters. The van der Waals surface area contributed by atoms with Gasteiger partial charge in [-0.1, -0.05) is 84.9 Å². The fourth-order valence-corrected chi connectivity index (χ4v) is 7.35. The lowest BCUT2D eigenvalue weighted by molar-refractivity contribution is 0.555. The van der Waals surface area contributed by atoms with Gasteiger partial charge < -0.3 is 10.2 Å². The molecule has 4 aromatic rings. The van der Waals surface area contributed by atoms with Crippen molar-refractivity contribution in [3.63, 3.8) is 0 Å². The molecule has 1 aliphatic heterocycles. The summed E-state index contributed by atoms with van der Waals surface area (Å²) >= 11 is 0. The molecule has 0 aromatic heterocycles. The molecule has 0 saturated heterocycles. The molecule has 0 spiro atoms. The molecule has 4 bridgehead atoms. The van der Waals surface area contributed by atoms with E-state index in [2.05, 4.69) is 30.5 Å². The van der Waals surface area contributed by atoms with Gasteiger partial charge in [-0.15, -0.1) is 0 Å². The van der Waals surface area contributed by atoms with E-state index in [1.165, 1.54) is 0 Å². The molecule has 38 heavy (non-hydrogen) atoms. The molecule has 6 N–H and O–H groups in total. The zero-order chi connectivity index (χ0) is 26.3. The predicted octanol–water partition coefficient (Wildman–Crippen LogP) is 6.20. The minimum absolute atomic E-state index is 0.385. The van der Waals surface area contributed by atoms with Crippen molar-refractivity contribution in [1.82, 2.24) is 20.3 Å². The largest absolute Gasteiger partial charge is 0.313 e. The lowest BCUT2D eigenvalue weighted by Crippen LogP contribution is -2.28. The van der Waals surface area contributed by atoms with Crippen LogP contribution in [0, 0.1) is 0 Å². The van der Waals surface area contributed by atoms with Crippen LogP contribution in [0.2, 0.25) is 0 Å². The third-order valence-electron chi connectivity index (χ3n) is 6.13. The maximum atomic E-state index is 14.0. The van der Waals surface area contributed by atoms with Crippen LogP contribution < -0.4 is 30.5 Å². The van der Waals surface area contributed by atoms with Gasteiger partial charge in [-0.2, -0.15) is 0 Å². The van der Waals surface area contributed by atoms with E-state index in [1.54, 1.807) is 0 Å². The van der Waals surface area contributed by atoms with E-state index in [-0.39, 0.29) is 0 Å². The Balaban J connectivity index is 1.42. The van der Waals surface area contributed by atoms with Crippen molar-refractivity contribution in [2.75, 3.05) is 10.2 Å². The van der Waals surface area contributed by atoms with Gasteiger partial charge in [0.25, 0.3) is 0 Å². The topological polar surface area (TPSA) is 106 Å². The van der Waals surface area contributed by atoms with E-state index in [0.29, 0.717) is 26.2 Å². The number of para-hydroxylation sites is 2. The van der Waals surface area contributed by atoms with Crippen molar-refractivity contribution in [3.8, 4) is 0 Å². The highest BCUT2D eigenvalue weighted by Crippen LogP contribution is 2.39. The van der Waals surface area contributed by atoms with E-state index < -0.39 is 15.2 Å². The first-order chi connectivity index (χ1) is 18.5. The normalized spacial score (nSPS) is 22.3. The average Bonchev–Trinajstić information content (AvgIpc) is 2.94. The second kappa shape index (κ2) is 12.1. The van der Waals surface area contributed by atoms with Gasteiger partial charge in [-0.3, -0.25) is 9.13 Å². The molecule has 196 valence electrons. The summed E-state index contributed by atoms with van der Waals surface area (Å²) in [7, 11) is -6.42. The number of benzene rings is 4. The van der Waals surface area contributed by atoms with Crippen LogP contribution in [0.5, 0.6) is 0 Å². The molecule has 0 atom stereocenters. The zero-order valence-electron chi connectivity index (χ0n) is 20.9. The summed E-state index contributed by atoms with van der Waals surface area (Å²) in [4.78, 5) is 0. The summed E-state index contributed by atoms with van der Waals surface area (Å²) in [6.45, 7) is 1.54. The van der Waals surface area contributed by atoms with Crippen molar-refractivity contribution in [2.24, 2.45) is 0 Å². The van der Waals surface area contributed by atoms with Crippen molar-refractivity contribution in [2.45, 2.75) is 26.2 Å². The average molecular weight is 547 g/mol. The molecule has 0 fully saturated rings. The molecular formula is C28H32N6O2P2. The molecule has 5 rings (SSSR count). The lowest BCUT2D eigenvalue weighted by atomic mass is 10.1. The van der Waals surface area contributed by atoms with Gasteiger partial charge in [0.05, 0.1) is 0 Å². The highest BCUT2D eigenvalue weighted by atomic mass is 31.2. The summed E-state index contributed by atoms with van der Waals surface area (Å²) in [5.41, 5.74) is 5.40. The van der Waals surface area contributed by atoms with Crippen LogP contribution in [0.3, 0.4) is 0 Å². The maximum Gasteiger partial charge on any atom is 0.303 e. The number of nitrogens with one attached hydrogen (secondary N) is 6. The SMILES string of the molecule is O=P1(Nc2ccccc2)NCc2cccc(c2)CNP(=O)(Nc2ccccc2)NCc2cccc(c2)CN1. The Morgan fingerprint density at radius 3 is 1.08 bits per heavy atom. The van der Waals surface area contributed by atoms with Crippen molar-refractivity contribution in [3.05, 3.63) is 131 Å². The summed E-state index contributed by atoms with van der Waals surface area (Å²) in [6, 6.07) is 34.9. The summed E-state index contributed by atoms with van der Waals surface area (Å²) in [5.74, 6) is 0. The van der Waals surface area contributed by atoms with Gasteiger partial charge in [0.2, 0.25) is 0 Å². The number of rotatable bonds is 4. The molecule has 8 nitrogen and oxygen atoms in total. The molecule has 1 aliphatic rings. The standard InChI is InChI=1S/C28H32N6O2P2/c35-37(33-27-13-3-1-4-14-27)29-19-23-9-7-11-25(17-23)21-31-38(36,34-28-15-5-2-6-16-28)32-22-26-12-8-10-24(18-26)20-30-37/h1-18H,19-22H2,(H3,29,30,33,35)(H3,31,32,34,36). The van der Waals surface area contributed by atoms with Crippen molar-refractivity contribution >= 4 is 26.6 Å². The first-order valence-corrected chi connectivity index (χ1v) is 15.9. The van der Waals surface area contributed by atoms with Gasteiger partial charge in [0.15, 0.2) is 0 Å². The minimum atomic E-state index is -3.21. The third kappa shape index (κ3) is 7.42. The molecule has 10 heteroatoms. The predicted molar refractivity (Wildman–Crippen MR) is 156 cm³/mol. The Morgan fingerprint density at radius 2 is 0.763 bits per heavy atom. The summed E-state index contributed by atoms with van der Waals surface area (Å²) in [5, 5.41) is 19.2. The maximum absolute atomic E-state index is 14.0. The highest BCUT2D eigenvalue weighted by Gasteiger charge is 2.23. The van der Waals surface area contributed by atoms with Gasteiger partial charge in [-0.25, -0.2) is 20.3 Å². The molecule has 0 saturated carbocycles. The Kier molecular flexibility index (Phi) is 8.40. The molecule has 0 amide bonds. The van der Waals surface area contributed by atoms with Crippen LogP contribution in [-0.4, -0.2) is 0 Å². The van der Waals surface area contributed by atoms with Crippen LogP contribution in [0.15, 0.2) is 109 Å². The van der Waals surface area contributed by atoms with Gasteiger partial charge >= 0.3 is 15.2 Å². The summed E-state index contributed by atoms with van der Waals surface area (Å²) < 4.78 is 27.9. The second-order valence-electron chi connectivity index (χ2n) is 9.15. The number of hydrogen-bond acceptors (Lipinski definition) is 2. The second-order valence-corrected chi connectivity index (χ2v) is 13.3. The van der Waals surface area contributed by atoms with Crippen molar-refractivity contribution < 1.29 is 9.13 Å². The number of hydrogen-bond donors (Lipinski definition) is 6. The first kappa shape index (κ1) is 26.4. The van der Waals surface area contributed by atoms with E-state index in [9.17, 15) is 9.13 Å². The molecule has 0 radical (unpaired) electrons. The van der Waals surface area contributed by atoms with Crippen LogP contribution in [0.25, 0.3) is 0 Å². The quantitative estimate of drug-likeness (QED) is 0.168. The van der Waals surface area contributed by atoms with Crippen LogP contribution in [-0.2, 0) is 35.3 Å². The third-order valence-corrected chi connectivity index (χ3v) is 9.69. The van der Waals surface area contributed by atoms with Crippen molar-refractivity contribution in [1.29, 1.82) is 0 Å². The van der Waals surface area contributed by atoms with Crippen LogP contribution >= 0.6 is 15.2 Å². The van der Waals surface area contributed by atoms with Gasteiger partial charge in [0.1, 0.15) is 0 Å². The van der Waals surface area contributed by atoms with Crippen LogP contribution in [0.1, 0.15) is 22.3 Å². The van der Waals surface area contributed by atoms with E-state index >= 15 is 0 Å². The highest BCUT2D eigenvalue weighted by molar-refractivity contribution is 7.61. The van der Waals surface area contributed by atoms with E-state index in [1.807, 2.05) is 109 Å². The molecule has 1 heterocycles. The smallest absolute Gasteiger partial charge is 0.303 e. The van der Waals surface area contributed by atoms with E-state index in [0.717, 1.165) is 33.6 Å². The Hall–Kier alpha value is -3.22. The molecule has 0 aliphatic carbocycles. The fourth-order valence-electron chi connectivity index (χ4n) is 4.17. The molecular weight excluding hydrogens is 514 g/mol. The fraction of sp³-hybridized carbons (Fsp3) is 0.143. The molecule has 4 aromatic carbocycles. The Labute approximate surface area is 223 Å². The first-order valence-electron chi connectivity index (χ1n) is 12.5. The lowest BCUT2D eigenvalue weighted by Gasteiger charge is -2.25. The monoisotopic (exact) mass is 546 g/mol. The number of anilines is 2. The van der Waals surface area contributed by atoms with Crippen LogP contribution in [0.4, 0.5) is 11.4 Å². The minimum Gasteiger partial charge on any atom is -0.313 e. The van der Waals surface area contributed by atoms with E-state index in [4.69, 9.17) is 0 Å². The van der Waals surface area contributed by atoms with Gasteiger partial charge in [0, 0.05) is 37.6 Å². The Bertz CT molecular complexity index is 1290. The zero-order valence-corrected chi connectivity index (χ0v) is 22.7. The Morgan fingerprint density at radius 1 is 0.447 bits per heavy atom. The summed E-state index contributed by atoms with van der Waals surface area (Å²) in [6.07, 6.45) is 0.